The number of amidine groups is 1. The van der Waals surface area contributed by atoms with Gasteiger partial charge in [0.05, 0.1) is 22.6 Å². The van der Waals surface area contributed by atoms with Crippen LogP contribution in [0.1, 0.15) is 22.5 Å². The topological polar surface area (TPSA) is 106 Å². The van der Waals surface area contributed by atoms with Gasteiger partial charge in [-0.05, 0) is 97.8 Å². The zero-order chi connectivity index (χ0) is 30.1. The van der Waals surface area contributed by atoms with Gasteiger partial charge in [-0.1, -0.05) is 18.2 Å². The number of aromatic amines is 1. The number of para-hydroxylation sites is 1. The maximum Gasteiger partial charge on any atom is 0.269 e. The highest BCUT2D eigenvalue weighted by Gasteiger charge is 2.33. The Hall–Kier alpha value is -5.09. The lowest BCUT2D eigenvalue weighted by Gasteiger charge is -2.15. The number of benzene rings is 3. The molecule has 1 fully saturated rings. The van der Waals surface area contributed by atoms with Crippen molar-refractivity contribution in [3.63, 3.8) is 0 Å². The molecule has 0 spiro atoms. The third-order valence-corrected chi connectivity index (χ3v) is 8.55. The number of nitro benzene ring substituents is 1. The van der Waals surface area contributed by atoms with Crippen molar-refractivity contribution in [3.05, 3.63) is 123 Å². The Morgan fingerprint density at radius 3 is 2.51 bits per heavy atom. The predicted octanol–water partition coefficient (Wildman–Crippen LogP) is 7.34. The number of rotatable bonds is 8. The third-order valence-electron chi connectivity index (χ3n) is 7.54. The van der Waals surface area contributed by atoms with Gasteiger partial charge in [0.25, 0.3) is 11.6 Å². The van der Waals surface area contributed by atoms with E-state index in [-0.39, 0.29) is 11.6 Å². The van der Waals surface area contributed by atoms with Crippen molar-refractivity contribution >= 4 is 51.2 Å². The Bertz CT molecular complexity index is 1900. The van der Waals surface area contributed by atoms with E-state index in [1.165, 1.54) is 23.9 Å². The lowest BCUT2D eigenvalue weighted by Crippen LogP contribution is -2.31. The molecule has 5 aromatic rings. The number of aliphatic imine (C=N–C) groups is 1. The monoisotopic (exact) mass is 591 g/mol. The molecule has 0 radical (unpaired) electrons. The first-order valence-electron chi connectivity index (χ1n) is 13.8. The zero-order valence-corrected chi connectivity index (χ0v) is 24.7. The molecule has 0 unspecified atom stereocenters. The van der Waals surface area contributed by atoms with Crippen LogP contribution in [0.2, 0.25) is 0 Å². The number of methoxy groups -OCH3 is 1. The number of nitrogens with one attached hydrogen (secondary N) is 1. The van der Waals surface area contributed by atoms with E-state index in [0.717, 1.165) is 44.9 Å². The SMILES string of the molecule is COc1ccc(-n2c(C)cc(/C=C3\SC(=Nc4ccc([N+](=O)[O-])cc4)N(CCc4c[nH]c5ccccc45)C3=O)c2C)cc1. The van der Waals surface area contributed by atoms with Crippen LogP contribution in [0.5, 0.6) is 5.75 Å². The average molecular weight is 592 g/mol. The quantitative estimate of drug-likeness (QED) is 0.115. The molecule has 0 saturated carbocycles. The summed E-state index contributed by atoms with van der Waals surface area (Å²) in [6, 6.07) is 24.0. The molecule has 9 nitrogen and oxygen atoms in total. The Labute approximate surface area is 252 Å². The second-order valence-corrected chi connectivity index (χ2v) is 11.2. The van der Waals surface area contributed by atoms with E-state index in [4.69, 9.17) is 9.73 Å². The number of aromatic nitrogens is 2. The molecule has 1 amide bonds. The van der Waals surface area contributed by atoms with Gasteiger partial charge in [0, 0.05) is 52.9 Å². The molecule has 6 rings (SSSR count). The van der Waals surface area contributed by atoms with Gasteiger partial charge in [0.2, 0.25) is 0 Å². The first-order valence-corrected chi connectivity index (χ1v) is 14.6. The number of hydrogen-bond acceptors (Lipinski definition) is 6. The van der Waals surface area contributed by atoms with Crippen molar-refractivity contribution in [2.24, 2.45) is 4.99 Å². The maximum atomic E-state index is 13.9. The molecule has 43 heavy (non-hydrogen) atoms. The van der Waals surface area contributed by atoms with Crippen LogP contribution in [-0.4, -0.2) is 44.1 Å². The lowest BCUT2D eigenvalue weighted by atomic mass is 10.1. The molecule has 1 aliphatic rings. The molecule has 1 aliphatic heterocycles. The predicted molar refractivity (Wildman–Crippen MR) is 171 cm³/mol. The van der Waals surface area contributed by atoms with Gasteiger partial charge in [-0.3, -0.25) is 19.8 Å². The molecule has 10 heteroatoms. The van der Waals surface area contributed by atoms with Gasteiger partial charge in [-0.2, -0.15) is 0 Å². The summed E-state index contributed by atoms with van der Waals surface area (Å²) in [5.74, 6) is 0.661. The van der Waals surface area contributed by atoms with Crippen molar-refractivity contribution in [2.75, 3.05) is 13.7 Å². The van der Waals surface area contributed by atoms with E-state index in [9.17, 15) is 14.9 Å². The minimum Gasteiger partial charge on any atom is -0.497 e. The molecule has 216 valence electrons. The first kappa shape index (κ1) is 28.0. The van der Waals surface area contributed by atoms with E-state index >= 15 is 0 Å². The molecule has 2 aromatic heterocycles. The Kier molecular flexibility index (Phi) is 7.60. The number of H-pyrrole nitrogens is 1. The van der Waals surface area contributed by atoms with Crippen molar-refractivity contribution in [1.82, 2.24) is 14.5 Å². The summed E-state index contributed by atoms with van der Waals surface area (Å²) in [6.45, 7) is 4.51. The highest BCUT2D eigenvalue weighted by molar-refractivity contribution is 8.18. The Morgan fingerprint density at radius 1 is 1.05 bits per heavy atom. The highest BCUT2D eigenvalue weighted by atomic mass is 32.2. The smallest absolute Gasteiger partial charge is 0.269 e. The summed E-state index contributed by atoms with van der Waals surface area (Å²) in [7, 11) is 1.64. The van der Waals surface area contributed by atoms with Crippen LogP contribution in [0.15, 0.2) is 95.0 Å². The van der Waals surface area contributed by atoms with Crippen LogP contribution in [-0.2, 0) is 11.2 Å². The number of thioether (sulfide) groups is 1. The van der Waals surface area contributed by atoms with E-state index in [1.807, 2.05) is 68.6 Å². The number of hydrogen-bond donors (Lipinski definition) is 1. The van der Waals surface area contributed by atoms with Gasteiger partial charge >= 0.3 is 0 Å². The van der Waals surface area contributed by atoms with E-state index < -0.39 is 4.92 Å². The summed E-state index contributed by atoms with van der Waals surface area (Å²) >= 11 is 1.31. The fourth-order valence-corrected chi connectivity index (χ4v) is 6.34. The molecule has 0 aliphatic carbocycles. The molecule has 3 heterocycles. The number of aryl methyl sites for hydroxylation is 1. The number of nitrogens with zero attached hydrogens (tertiary/aromatic N) is 4. The summed E-state index contributed by atoms with van der Waals surface area (Å²) < 4.78 is 7.46. The number of ether oxygens (including phenoxy) is 1. The Morgan fingerprint density at radius 2 is 1.79 bits per heavy atom. The standard InChI is InChI=1S/C33H29N5O4S/c1-21-18-24(22(2)37(21)26-12-14-28(42-3)15-13-26)19-31-32(39)36(17-16-23-20-34-30-7-5-4-6-29(23)30)33(43-31)35-25-8-10-27(11-9-25)38(40)41/h4-15,18-20,34H,16-17H2,1-3H3/b31-19-,35-33?. The normalized spacial score (nSPS) is 15.2. The van der Waals surface area contributed by atoms with Gasteiger partial charge in [0.1, 0.15) is 5.75 Å². The van der Waals surface area contributed by atoms with Gasteiger partial charge < -0.3 is 14.3 Å². The van der Waals surface area contributed by atoms with Gasteiger partial charge in [-0.25, -0.2) is 4.99 Å². The fourth-order valence-electron chi connectivity index (χ4n) is 5.32. The van der Waals surface area contributed by atoms with E-state index in [2.05, 4.69) is 21.7 Å². The highest BCUT2D eigenvalue weighted by Crippen LogP contribution is 2.36. The van der Waals surface area contributed by atoms with Gasteiger partial charge in [-0.15, -0.1) is 0 Å². The van der Waals surface area contributed by atoms with Crippen LogP contribution in [0.4, 0.5) is 11.4 Å². The van der Waals surface area contributed by atoms with Crippen LogP contribution < -0.4 is 4.74 Å². The number of carbonyl (C=O) groups is 1. The molecular weight excluding hydrogens is 562 g/mol. The lowest BCUT2D eigenvalue weighted by molar-refractivity contribution is -0.384. The average Bonchev–Trinajstić information content (AvgIpc) is 3.65. The molecule has 0 bridgehead atoms. The summed E-state index contributed by atoms with van der Waals surface area (Å²) in [5, 5.41) is 12.8. The second kappa shape index (κ2) is 11.7. The number of fused-ring (bicyclic) bond motifs is 1. The van der Waals surface area contributed by atoms with E-state index in [1.54, 1.807) is 24.1 Å². The Balaban J connectivity index is 1.33. The van der Waals surface area contributed by atoms with E-state index in [0.29, 0.717) is 28.7 Å². The number of non-ortho nitro benzene ring substituents is 1. The summed E-state index contributed by atoms with van der Waals surface area (Å²) in [4.78, 5) is 34.9. The molecule has 1 N–H and O–H groups in total. The number of nitro groups is 1. The largest absolute Gasteiger partial charge is 0.497 e. The fraction of sp³-hybridized carbons (Fsp3) is 0.152. The number of carbonyl (C=O) groups excluding carboxylic acids is 1. The van der Waals surface area contributed by atoms with Crippen molar-refractivity contribution in [2.45, 2.75) is 20.3 Å². The van der Waals surface area contributed by atoms with Crippen molar-refractivity contribution in [1.29, 1.82) is 0 Å². The van der Waals surface area contributed by atoms with Gasteiger partial charge in [0.15, 0.2) is 5.17 Å². The second-order valence-electron chi connectivity index (χ2n) is 10.2. The van der Waals surface area contributed by atoms with Crippen LogP contribution >= 0.6 is 11.8 Å². The molecule has 0 atom stereocenters. The minimum absolute atomic E-state index is 0.0110. The molecule has 1 saturated heterocycles. The zero-order valence-electron chi connectivity index (χ0n) is 23.9. The van der Waals surface area contributed by atoms with Crippen LogP contribution in [0.3, 0.4) is 0 Å². The third kappa shape index (κ3) is 5.56. The van der Waals surface area contributed by atoms with Crippen molar-refractivity contribution < 1.29 is 14.5 Å². The summed E-state index contributed by atoms with van der Waals surface area (Å²) in [5.41, 5.74) is 6.69. The maximum absolute atomic E-state index is 13.9. The van der Waals surface area contributed by atoms with Crippen LogP contribution in [0, 0.1) is 24.0 Å². The molecular formula is C33H29N5O4S. The van der Waals surface area contributed by atoms with Crippen molar-refractivity contribution in [3.8, 4) is 11.4 Å². The summed E-state index contributed by atoms with van der Waals surface area (Å²) in [6.07, 6.45) is 4.54. The van der Waals surface area contributed by atoms with Crippen LogP contribution in [0.25, 0.3) is 22.7 Å². The first-order chi connectivity index (χ1) is 20.8. The molecule has 3 aromatic carbocycles. The minimum atomic E-state index is -0.443. The number of amides is 1.